The van der Waals surface area contributed by atoms with Crippen LogP contribution in [0.25, 0.3) is 0 Å². The van der Waals surface area contributed by atoms with Gasteiger partial charge in [-0.25, -0.2) is 0 Å². The van der Waals surface area contributed by atoms with Gasteiger partial charge in [0.25, 0.3) is 0 Å². The van der Waals surface area contributed by atoms with Crippen molar-refractivity contribution in [1.29, 1.82) is 0 Å². The van der Waals surface area contributed by atoms with Crippen LogP contribution < -0.4 is 4.74 Å². The minimum absolute atomic E-state index is 0.0744. The van der Waals surface area contributed by atoms with Crippen molar-refractivity contribution in [2.75, 3.05) is 19.8 Å². The van der Waals surface area contributed by atoms with E-state index in [2.05, 4.69) is 4.74 Å². The van der Waals surface area contributed by atoms with Crippen LogP contribution in [0.1, 0.15) is 12.5 Å². The van der Waals surface area contributed by atoms with Gasteiger partial charge in [-0.2, -0.15) is 13.2 Å². The third-order valence-corrected chi connectivity index (χ3v) is 2.09. The molecular formula is C12H15F3O2. The third kappa shape index (κ3) is 6.16. The van der Waals surface area contributed by atoms with Gasteiger partial charge in [-0.3, -0.25) is 0 Å². The van der Waals surface area contributed by atoms with Gasteiger partial charge in [0.2, 0.25) is 0 Å². The molecule has 0 aliphatic carbocycles. The van der Waals surface area contributed by atoms with Gasteiger partial charge in [0.1, 0.15) is 19.0 Å². The number of rotatable bonds is 6. The highest BCUT2D eigenvalue weighted by Crippen LogP contribution is 2.15. The molecule has 1 rings (SSSR count). The Hall–Kier alpha value is -1.23. The normalized spacial score (nSPS) is 11.5. The van der Waals surface area contributed by atoms with Crippen LogP contribution in [0.3, 0.4) is 0 Å². The second-order valence-electron chi connectivity index (χ2n) is 3.51. The Kier molecular flexibility index (Phi) is 5.28. The predicted molar refractivity (Wildman–Crippen MR) is 58.2 cm³/mol. The molecule has 0 spiro atoms. The SMILES string of the molecule is CCc1ccc(OCCOCC(F)(F)F)cc1. The van der Waals surface area contributed by atoms with E-state index in [4.69, 9.17) is 4.74 Å². The van der Waals surface area contributed by atoms with Crippen molar-refractivity contribution in [3.63, 3.8) is 0 Å². The standard InChI is InChI=1S/C12H15F3O2/c1-2-10-3-5-11(6-4-10)17-8-7-16-9-12(13,14)15/h3-6H,2,7-9H2,1H3. The molecule has 96 valence electrons. The molecule has 0 aromatic heterocycles. The van der Waals surface area contributed by atoms with E-state index in [0.29, 0.717) is 5.75 Å². The summed E-state index contributed by atoms with van der Waals surface area (Å²) in [6, 6.07) is 7.43. The van der Waals surface area contributed by atoms with Crippen molar-refractivity contribution in [3.8, 4) is 5.75 Å². The maximum absolute atomic E-state index is 11.7. The molecule has 17 heavy (non-hydrogen) atoms. The molecule has 0 fully saturated rings. The lowest BCUT2D eigenvalue weighted by atomic mass is 10.2. The van der Waals surface area contributed by atoms with E-state index in [0.717, 1.165) is 6.42 Å². The zero-order valence-corrected chi connectivity index (χ0v) is 9.59. The zero-order chi connectivity index (χ0) is 12.7. The van der Waals surface area contributed by atoms with Gasteiger partial charge in [-0.05, 0) is 24.1 Å². The van der Waals surface area contributed by atoms with E-state index < -0.39 is 12.8 Å². The molecule has 0 amide bonds. The molecule has 0 radical (unpaired) electrons. The molecule has 0 heterocycles. The summed E-state index contributed by atoms with van der Waals surface area (Å²) in [6.07, 6.45) is -3.34. The summed E-state index contributed by atoms with van der Waals surface area (Å²) in [5.74, 6) is 0.637. The van der Waals surface area contributed by atoms with Gasteiger partial charge in [0.05, 0.1) is 6.61 Å². The third-order valence-electron chi connectivity index (χ3n) is 2.09. The van der Waals surface area contributed by atoms with Crippen LogP contribution in [-0.4, -0.2) is 26.0 Å². The van der Waals surface area contributed by atoms with Gasteiger partial charge < -0.3 is 9.47 Å². The quantitative estimate of drug-likeness (QED) is 0.720. The van der Waals surface area contributed by atoms with Gasteiger partial charge in [-0.1, -0.05) is 19.1 Å². The van der Waals surface area contributed by atoms with Gasteiger partial charge in [0.15, 0.2) is 0 Å². The predicted octanol–water partition coefficient (Wildman–Crippen LogP) is 3.21. The summed E-state index contributed by atoms with van der Waals surface area (Å²) < 4.78 is 44.8. The molecule has 0 aliphatic heterocycles. The molecule has 0 atom stereocenters. The number of hydrogen-bond acceptors (Lipinski definition) is 2. The van der Waals surface area contributed by atoms with Crippen molar-refractivity contribution < 1.29 is 22.6 Å². The molecular weight excluding hydrogens is 233 g/mol. The van der Waals surface area contributed by atoms with Gasteiger partial charge >= 0.3 is 6.18 Å². The van der Waals surface area contributed by atoms with Crippen molar-refractivity contribution >= 4 is 0 Å². The van der Waals surface area contributed by atoms with E-state index in [-0.39, 0.29) is 13.2 Å². The largest absolute Gasteiger partial charge is 0.491 e. The van der Waals surface area contributed by atoms with E-state index >= 15 is 0 Å². The molecule has 0 aliphatic rings. The molecule has 0 unspecified atom stereocenters. The van der Waals surface area contributed by atoms with Crippen LogP contribution in [0, 0.1) is 0 Å². The highest BCUT2D eigenvalue weighted by atomic mass is 19.4. The van der Waals surface area contributed by atoms with Gasteiger partial charge in [0, 0.05) is 0 Å². The topological polar surface area (TPSA) is 18.5 Å². The minimum atomic E-state index is -4.28. The average molecular weight is 248 g/mol. The molecule has 0 saturated carbocycles. The lowest BCUT2D eigenvalue weighted by Crippen LogP contribution is -2.19. The summed E-state index contributed by atoms with van der Waals surface area (Å²) >= 11 is 0. The number of ether oxygens (including phenoxy) is 2. The second-order valence-corrected chi connectivity index (χ2v) is 3.51. The number of hydrogen-bond donors (Lipinski definition) is 0. The first-order valence-electron chi connectivity index (χ1n) is 5.37. The summed E-state index contributed by atoms with van der Waals surface area (Å²) in [5, 5.41) is 0. The van der Waals surface area contributed by atoms with Crippen LogP contribution >= 0.6 is 0 Å². The van der Waals surface area contributed by atoms with Crippen molar-refractivity contribution in [2.45, 2.75) is 19.5 Å². The first-order chi connectivity index (χ1) is 8.01. The van der Waals surface area contributed by atoms with Crippen LogP contribution in [0.5, 0.6) is 5.75 Å². The van der Waals surface area contributed by atoms with Crippen molar-refractivity contribution in [2.24, 2.45) is 0 Å². The molecule has 0 bridgehead atoms. The molecule has 1 aromatic rings. The Labute approximate surface area is 98.3 Å². The molecule has 0 N–H and O–H groups in total. The Morgan fingerprint density at radius 1 is 1.06 bits per heavy atom. The molecule has 0 saturated heterocycles. The first-order valence-corrected chi connectivity index (χ1v) is 5.37. The number of aryl methyl sites for hydroxylation is 1. The lowest BCUT2D eigenvalue weighted by molar-refractivity contribution is -0.175. The fraction of sp³-hybridized carbons (Fsp3) is 0.500. The first kappa shape index (κ1) is 13.8. The summed E-state index contributed by atoms with van der Waals surface area (Å²) in [7, 11) is 0. The Morgan fingerprint density at radius 3 is 2.24 bits per heavy atom. The number of alkyl halides is 3. The highest BCUT2D eigenvalue weighted by molar-refractivity contribution is 5.27. The summed E-state index contributed by atoms with van der Waals surface area (Å²) in [5.41, 5.74) is 1.19. The van der Waals surface area contributed by atoms with Crippen LogP contribution in [0.15, 0.2) is 24.3 Å². The molecule has 1 aromatic carbocycles. The zero-order valence-electron chi connectivity index (χ0n) is 9.59. The van der Waals surface area contributed by atoms with Crippen molar-refractivity contribution in [3.05, 3.63) is 29.8 Å². The average Bonchev–Trinajstić information content (AvgIpc) is 2.28. The fourth-order valence-electron chi connectivity index (χ4n) is 1.23. The van der Waals surface area contributed by atoms with E-state index in [1.807, 2.05) is 19.1 Å². The number of halogens is 3. The minimum Gasteiger partial charge on any atom is -0.491 e. The maximum Gasteiger partial charge on any atom is 0.411 e. The van der Waals surface area contributed by atoms with E-state index in [1.54, 1.807) is 12.1 Å². The second kappa shape index (κ2) is 6.49. The van der Waals surface area contributed by atoms with E-state index in [9.17, 15) is 13.2 Å². The van der Waals surface area contributed by atoms with Crippen molar-refractivity contribution in [1.82, 2.24) is 0 Å². The fourth-order valence-corrected chi connectivity index (χ4v) is 1.23. The Bertz CT molecular complexity index is 320. The maximum atomic E-state index is 11.7. The van der Waals surface area contributed by atoms with Crippen LogP contribution in [0.4, 0.5) is 13.2 Å². The monoisotopic (exact) mass is 248 g/mol. The summed E-state index contributed by atoms with van der Waals surface area (Å²) in [6.45, 7) is 0.850. The molecule has 5 heteroatoms. The summed E-state index contributed by atoms with van der Waals surface area (Å²) in [4.78, 5) is 0. The van der Waals surface area contributed by atoms with Gasteiger partial charge in [-0.15, -0.1) is 0 Å². The van der Waals surface area contributed by atoms with Crippen LogP contribution in [-0.2, 0) is 11.2 Å². The Balaban J connectivity index is 2.18. The lowest BCUT2D eigenvalue weighted by Gasteiger charge is -2.09. The number of benzene rings is 1. The molecule has 2 nitrogen and oxygen atoms in total. The highest BCUT2D eigenvalue weighted by Gasteiger charge is 2.27. The Morgan fingerprint density at radius 2 is 1.71 bits per heavy atom. The van der Waals surface area contributed by atoms with Crippen LogP contribution in [0.2, 0.25) is 0 Å². The smallest absolute Gasteiger partial charge is 0.411 e. The van der Waals surface area contributed by atoms with E-state index in [1.165, 1.54) is 5.56 Å².